The van der Waals surface area contributed by atoms with Gasteiger partial charge in [-0.05, 0) is 36.4 Å². The largest absolute Gasteiger partial charge is 0.488 e. The first-order valence-corrected chi connectivity index (χ1v) is 10.3. The SMILES string of the molecule is N#Cc1ccccc1COc1ccccc1/C=N/NC(=O)CNC(=O)c1ccc2c(c1)OCO2. The molecular weight excluding hydrogens is 436 g/mol. The van der Waals surface area contributed by atoms with Gasteiger partial charge in [-0.25, -0.2) is 5.43 Å². The van der Waals surface area contributed by atoms with Crippen LogP contribution in [-0.4, -0.2) is 31.4 Å². The minimum Gasteiger partial charge on any atom is -0.488 e. The van der Waals surface area contributed by atoms with Gasteiger partial charge >= 0.3 is 0 Å². The van der Waals surface area contributed by atoms with Gasteiger partial charge < -0.3 is 19.5 Å². The van der Waals surface area contributed by atoms with Crippen LogP contribution in [0.3, 0.4) is 0 Å². The lowest BCUT2D eigenvalue weighted by atomic mass is 10.1. The molecule has 0 fully saturated rings. The number of nitrogens with one attached hydrogen (secondary N) is 2. The van der Waals surface area contributed by atoms with Gasteiger partial charge in [0, 0.05) is 16.7 Å². The molecule has 0 radical (unpaired) electrons. The topological polar surface area (TPSA) is 122 Å². The van der Waals surface area contributed by atoms with Gasteiger partial charge in [-0.2, -0.15) is 10.4 Å². The van der Waals surface area contributed by atoms with Crippen molar-refractivity contribution in [2.24, 2.45) is 5.10 Å². The standard InChI is InChI=1S/C25H20N4O5/c26-12-18-5-1-2-7-20(18)15-32-21-8-4-3-6-19(21)13-28-29-24(30)14-27-25(31)17-9-10-22-23(11-17)34-16-33-22/h1-11,13H,14-16H2,(H,27,31)(H,29,30)/b28-13+. The van der Waals surface area contributed by atoms with E-state index >= 15 is 0 Å². The molecule has 1 aliphatic rings. The maximum absolute atomic E-state index is 12.3. The van der Waals surface area contributed by atoms with E-state index in [0.29, 0.717) is 33.9 Å². The molecule has 0 atom stereocenters. The summed E-state index contributed by atoms with van der Waals surface area (Å²) in [5.41, 5.74) is 4.68. The van der Waals surface area contributed by atoms with E-state index in [1.807, 2.05) is 24.3 Å². The van der Waals surface area contributed by atoms with Crippen molar-refractivity contribution in [1.82, 2.24) is 10.7 Å². The first kappa shape index (κ1) is 22.4. The molecule has 0 bridgehead atoms. The predicted octanol–water partition coefficient (Wildman–Crippen LogP) is 2.75. The number of carbonyl (C=O) groups excluding carboxylic acids is 2. The fourth-order valence-electron chi connectivity index (χ4n) is 3.14. The minimum absolute atomic E-state index is 0.113. The van der Waals surface area contributed by atoms with E-state index in [-0.39, 0.29) is 19.9 Å². The number of hydrogen-bond donors (Lipinski definition) is 2. The Hall–Kier alpha value is -4.84. The van der Waals surface area contributed by atoms with E-state index in [1.165, 1.54) is 6.21 Å². The molecule has 1 heterocycles. The number of nitrogens with zero attached hydrogens (tertiary/aromatic N) is 2. The number of carbonyl (C=O) groups is 2. The monoisotopic (exact) mass is 456 g/mol. The average molecular weight is 456 g/mol. The third kappa shape index (κ3) is 5.49. The molecule has 3 aromatic rings. The molecule has 34 heavy (non-hydrogen) atoms. The molecule has 2 N–H and O–H groups in total. The third-order valence-electron chi connectivity index (χ3n) is 4.88. The van der Waals surface area contributed by atoms with Gasteiger partial charge in [0.15, 0.2) is 11.5 Å². The molecule has 4 rings (SSSR count). The van der Waals surface area contributed by atoms with Crippen LogP contribution in [0.25, 0.3) is 0 Å². The van der Waals surface area contributed by atoms with Crippen LogP contribution in [0.1, 0.15) is 27.0 Å². The van der Waals surface area contributed by atoms with E-state index < -0.39 is 11.8 Å². The highest BCUT2D eigenvalue weighted by Crippen LogP contribution is 2.32. The van der Waals surface area contributed by atoms with Crippen molar-refractivity contribution < 1.29 is 23.8 Å². The van der Waals surface area contributed by atoms with Crippen LogP contribution in [0.15, 0.2) is 71.8 Å². The Balaban J connectivity index is 1.29. The number of ether oxygens (including phenoxy) is 3. The number of rotatable bonds is 8. The van der Waals surface area contributed by atoms with Crippen LogP contribution < -0.4 is 25.0 Å². The first-order valence-electron chi connectivity index (χ1n) is 10.3. The molecule has 0 unspecified atom stereocenters. The Morgan fingerprint density at radius 2 is 1.85 bits per heavy atom. The summed E-state index contributed by atoms with van der Waals surface area (Å²) < 4.78 is 16.3. The molecule has 0 spiro atoms. The number of amides is 2. The molecule has 0 aromatic heterocycles. The van der Waals surface area contributed by atoms with Gasteiger partial charge in [0.05, 0.1) is 24.4 Å². The van der Waals surface area contributed by atoms with Gasteiger partial charge in [0.25, 0.3) is 11.8 Å². The van der Waals surface area contributed by atoms with Gasteiger partial charge in [-0.3, -0.25) is 9.59 Å². The van der Waals surface area contributed by atoms with Crippen LogP contribution in [0, 0.1) is 11.3 Å². The summed E-state index contributed by atoms with van der Waals surface area (Å²) in [4.78, 5) is 24.3. The molecule has 170 valence electrons. The fraction of sp³-hybridized carbons (Fsp3) is 0.120. The molecule has 0 saturated heterocycles. The number of benzene rings is 3. The van der Waals surface area contributed by atoms with Crippen LogP contribution in [0.5, 0.6) is 17.2 Å². The van der Waals surface area contributed by atoms with Crippen molar-refractivity contribution >= 4 is 18.0 Å². The normalized spacial score (nSPS) is 11.6. The van der Waals surface area contributed by atoms with Crippen molar-refractivity contribution in [2.75, 3.05) is 13.3 Å². The van der Waals surface area contributed by atoms with Gasteiger partial charge in [0.2, 0.25) is 6.79 Å². The smallest absolute Gasteiger partial charge is 0.259 e. The van der Waals surface area contributed by atoms with E-state index in [4.69, 9.17) is 14.2 Å². The highest BCUT2D eigenvalue weighted by atomic mass is 16.7. The van der Waals surface area contributed by atoms with Crippen molar-refractivity contribution in [3.8, 4) is 23.3 Å². The quantitative estimate of drug-likeness (QED) is 0.397. The van der Waals surface area contributed by atoms with E-state index in [9.17, 15) is 14.9 Å². The molecule has 0 saturated carbocycles. The zero-order valence-corrected chi connectivity index (χ0v) is 18.0. The van der Waals surface area contributed by atoms with Gasteiger partial charge in [-0.1, -0.05) is 30.3 Å². The first-order chi connectivity index (χ1) is 16.6. The fourth-order valence-corrected chi connectivity index (χ4v) is 3.14. The molecular formula is C25H20N4O5. The third-order valence-corrected chi connectivity index (χ3v) is 4.88. The predicted molar refractivity (Wildman–Crippen MR) is 123 cm³/mol. The van der Waals surface area contributed by atoms with E-state index in [1.54, 1.807) is 42.5 Å². The Labute approximate surface area is 195 Å². The van der Waals surface area contributed by atoms with Crippen LogP contribution in [0.2, 0.25) is 0 Å². The molecule has 9 nitrogen and oxygen atoms in total. The molecule has 0 aliphatic carbocycles. The molecule has 3 aromatic carbocycles. The second-order valence-electron chi connectivity index (χ2n) is 7.14. The van der Waals surface area contributed by atoms with Gasteiger partial charge in [0.1, 0.15) is 12.4 Å². The highest BCUT2D eigenvalue weighted by Gasteiger charge is 2.16. The zero-order valence-electron chi connectivity index (χ0n) is 18.0. The Bertz CT molecular complexity index is 1280. The second kappa shape index (κ2) is 10.7. The maximum Gasteiger partial charge on any atom is 0.259 e. The summed E-state index contributed by atoms with van der Waals surface area (Å²) in [6.45, 7) is 0.0721. The molecule has 2 amide bonds. The lowest BCUT2D eigenvalue weighted by Gasteiger charge is -2.10. The van der Waals surface area contributed by atoms with Crippen molar-refractivity contribution in [3.63, 3.8) is 0 Å². The number of hydrogen-bond acceptors (Lipinski definition) is 7. The zero-order chi connectivity index (χ0) is 23.8. The van der Waals surface area contributed by atoms with Crippen LogP contribution in [-0.2, 0) is 11.4 Å². The Morgan fingerprint density at radius 1 is 1.06 bits per heavy atom. The van der Waals surface area contributed by atoms with Crippen molar-refractivity contribution in [2.45, 2.75) is 6.61 Å². The number of nitriles is 1. The van der Waals surface area contributed by atoms with Crippen LogP contribution in [0.4, 0.5) is 0 Å². The van der Waals surface area contributed by atoms with Crippen molar-refractivity contribution in [1.29, 1.82) is 5.26 Å². The molecule has 9 heteroatoms. The summed E-state index contributed by atoms with van der Waals surface area (Å²) in [5, 5.41) is 15.7. The molecule has 1 aliphatic heterocycles. The summed E-state index contributed by atoms with van der Waals surface area (Å²) in [6, 6.07) is 21.3. The van der Waals surface area contributed by atoms with Gasteiger partial charge in [-0.15, -0.1) is 0 Å². The second-order valence-corrected chi connectivity index (χ2v) is 7.14. The van der Waals surface area contributed by atoms with E-state index in [0.717, 1.165) is 5.56 Å². The summed E-state index contributed by atoms with van der Waals surface area (Å²) in [7, 11) is 0. The lowest BCUT2D eigenvalue weighted by molar-refractivity contribution is -0.120. The average Bonchev–Trinajstić information content (AvgIpc) is 3.35. The van der Waals surface area contributed by atoms with Crippen LogP contribution >= 0.6 is 0 Å². The summed E-state index contributed by atoms with van der Waals surface area (Å²) in [6.07, 6.45) is 1.45. The number of para-hydroxylation sites is 1. The maximum atomic E-state index is 12.3. The lowest BCUT2D eigenvalue weighted by Crippen LogP contribution is -2.34. The Morgan fingerprint density at radius 3 is 2.74 bits per heavy atom. The van der Waals surface area contributed by atoms with E-state index in [2.05, 4.69) is 21.9 Å². The number of hydrazone groups is 1. The van der Waals surface area contributed by atoms with Crippen molar-refractivity contribution in [3.05, 3.63) is 89.0 Å². The number of fused-ring (bicyclic) bond motifs is 1. The summed E-state index contributed by atoms with van der Waals surface area (Å²) in [5.74, 6) is 0.686. The minimum atomic E-state index is -0.494. The summed E-state index contributed by atoms with van der Waals surface area (Å²) >= 11 is 0. The highest BCUT2D eigenvalue weighted by molar-refractivity contribution is 5.97. The Kier molecular flexibility index (Phi) is 7.00.